The second kappa shape index (κ2) is 7.16. The molecule has 138 valence electrons. The smallest absolute Gasteiger partial charge is 0.248 e. The molecule has 0 spiro atoms. The van der Waals surface area contributed by atoms with Crippen molar-refractivity contribution in [3.8, 4) is 16.5 Å². The average Bonchev–Trinajstić information content (AvgIpc) is 3.10. The van der Waals surface area contributed by atoms with E-state index in [1.165, 1.54) is 11.3 Å². The number of hydrogen-bond donors (Lipinski definition) is 1. The van der Waals surface area contributed by atoms with Gasteiger partial charge in [0.15, 0.2) is 4.91 Å². The van der Waals surface area contributed by atoms with Gasteiger partial charge in [-0.25, -0.2) is 13.6 Å². The summed E-state index contributed by atoms with van der Waals surface area (Å²) in [5, 5.41) is 16.5. The van der Waals surface area contributed by atoms with Gasteiger partial charge < -0.3 is 4.90 Å². The van der Waals surface area contributed by atoms with Crippen LogP contribution in [0.1, 0.15) is 11.8 Å². The van der Waals surface area contributed by atoms with Crippen LogP contribution >= 0.6 is 11.3 Å². The van der Waals surface area contributed by atoms with Crippen molar-refractivity contribution >= 4 is 43.4 Å². The Balaban J connectivity index is 2.03. The third kappa shape index (κ3) is 3.88. The van der Waals surface area contributed by atoms with Crippen LogP contribution in [-0.4, -0.2) is 22.5 Å². The lowest BCUT2D eigenvalue weighted by Crippen LogP contribution is -2.14. The molecule has 0 saturated carbocycles. The predicted molar refractivity (Wildman–Crippen MR) is 113 cm³/mol. The minimum Gasteiger partial charge on any atom is -0.378 e. The Morgan fingerprint density at radius 2 is 1.74 bits per heavy atom. The molecule has 0 aliphatic rings. The number of primary sulfonamides is 1. The second-order valence-electron chi connectivity index (χ2n) is 6.42. The normalized spacial score (nSPS) is 12.6. The maximum atomic E-state index is 11.6. The van der Waals surface area contributed by atoms with Gasteiger partial charge in [-0.1, -0.05) is 18.2 Å². The van der Waals surface area contributed by atoms with E-state index in [4.69, 9.17) is 10.4 Å². The van der Waals surface area contributed by atoms with Crippen LogP contribution in [0.25, 0.3) is 26.8 Å². The maximum Gasteiger partial charge on any atom is 0.248 e. The molecule has 0 unspecified atom stereocenters. The topological polar surface area (TPSA) is 87.2 Å². The van der Waals surface area contributed by atoms with E-state index in [1.807, 2.05) is 32.3 Å². The number of benzene rings is 2. The number of thiophene rings is 1. The summed E-state index contributed by atoms with van der Waals surface area (Å²) in [7, 11) is -0.0175. The lowest BCUT2D eigenvalue weighted by Gasteiger charge is -2.13. The number of hydrogen-bond acceptors (Lipinski definition) is 5. The fraction of sp³-hybridized carbons (Fsp3) is 0.150. The fourth-order valence-electron chi connectivity index (χ4n) is 2.83. The van der Waals surface area contributed by atoms with Gasteiger partial charge >= 0.3 is 0 Å². The van der Waals surface area contributed by atoms with Crippen molar-refractivity contribution in [3.05, 3.63) is 58.3 Å². The number of nitrogens with two attached hydrogens (primary N) is 1. The highest BCUT2D eigenvalue weighted by molar-refractivity contribution is 7.93. The van der Waals surface area contributed by atoms with Crippen LogP contribution in [0.4, 0.5) is 5.69 Å². The number of nitriles is 1. The van der Waals surface area contributed by atoms with Crippen LogP contribution in [0, 0.1) is 11.3 Å². The standard InChI is InChI=1S/C20H19N3O2S2/c1-13(20(12-21)27(22,24)25)18-8-9-19(26-18)16-5-4-15-11-17(23(2)3)7-6-14(15)10-16/h4-11H,1-3H3,(H2,22,24,25)/b20-13+. The van der Waals surface area contributed by atoms with Crippen LogP contribution in [0.15, 0.2) is 53.4 Å². The van der Waals surface area contributed by atoms with E-state index < -0.39 is 14.9 Å². The van der Waals surface area contributed by atoms with E-state index in [1.54, 1.807) is 13.0 Å². The summed E-state index contributed by atoms with van der Waals surface area (Å²) < 4.78 is 23.1. The van der Waals surface area contributed by atoms with Crippen molar-refractivity contribution in [2.45, 2.75) is 6.92 Å². The largest absolute Gasteiger partial charge is 0.378 e. The summed E-state index contributed by atoms with van der Waals surface area (Å²) >= 11 is 1.43. The molecule has 5 nitrogen and oxygen atoms in total. The first-order chi connectivity index (χ1) is 12.7. The monoisotopic (exact) mass is 397 g/mol. The van der Waals surface area contributed by atoms with Gasteiger partial charge in [-0.2, -0.15) is 5.26 Å². The molecular weight excluding hydrogens is 378 g/mol. The van der Waals surface area contributed by atoms with Gasteiger partial charge in [0.05, 0.1) is 0 Å². The highest BCUT2D eigenvalue weighted by atomic mass is 32.2. The molecule has 0 bridgehead atoms. The fourth-order valence-corrected chi connectivity index (χ4v) is 4.57. The minimum absolute atomic E-state index is 0.368. The summed E-state index contributed by atoms with van der Waals surface area (Å²) in [5.41, 5.74) is 2.55. The number of fused-ring (bicyclic) bond motifs is 1. The molecule has 3 aromatic rings. The van der Waals surface area contributed by atoms with Gasteiger partial charge in [0, 0.05) is 29.5 Å². The number of allylic oxidation sites excluding steroid dienone is 2. The Kier molecular flexibility index (Phi) is 5.07. The van der Waals surface area contributed by atoms with Crippen LogP contribution < -0.4 is 10.0 Å². The van der Waals surface area contributed by atoms with Gasteiger partial charge in [0.1, 0.15) is 6.07 Å². The summed E-state index contributed by atoms with van der Waals surface area (Å²) in [6, 6.07) is 18.0. The predicted octanol–water partition coefficient (Wildman–Crippen LogP) is 4.18. The first-order valence-electron chi connectivity index (χ1n) is 8.16. The highest BCUT2D eigenvalue weighted by Gasteiger charge is 2.17. The molecule has 0 amide bonds. The Morgan fingerprint density at radius 3 is 2.37 bits per heavy atom. The Bertz CT molecular complexity index is 1200. The van der Waals surface area contributed by atoms with Crippen LogP contribution in [0.3, 0.4) is 0 Å². The second-order valence-corrected chi connectivity index (χ2v) is 9.00. The summed E-state index contributed by atoms with van der Waals surface area (Å²) in [6.07, 6.45) is 0. The zero-order valence-electron chi connectivity index (χ0n) is 15.2. The third-order valence-electron chi connectivity index (χ3n) is 4.33. The third-order valence-corrected chi connectivity index (χ3v) is 6.55. The molecule has 0 radical (unpaired) electrons. The molecule has 2 aromatic carbocycles. The van der Waals surface area contributed by atoms with E-state index in [-0.39, 0.29) is 0 Å². The van der Waals surface area contributed by atoms with E-state index in [0.29, 0.717) is 10.5 Å². The molecule has 1 aromatic heterocycles. The molecule has 1 heterocycles. The molecule has 3 rings (SSSR count). The van der Waals surface area contributed by atoms with Gasteiger partial charge in [0.2, 0.25) is 10.0 Å². The van der Waals surface area contributed by atoms with E-state index in [9.17, 15) is 8.42 Å². The molecule has 0 aliphatic heterocycles. The van der Waals surface area contributed by atoms with Gasteiger partial charge in [-0.05, 0) is 59.2 Å². The zero-order chi connectivity index (χ0) is 19.8. The quantitative estimate of drug-likeness (QED) is 0.669. The average molecular weight is 398 g/mol. The summed E-state index contributed by atoms with van der Waals surface area (Å²) in [4.78, 5) is 3.37. The minimum atomic E-state index is -4.04. The van der Waals surface area contributed by atoms with Crippen molar-refractivity contribution in [1.82, 2.24) is 0 Å². The van der Waals surface area contributed by atoms with E-state index >= 15 is 0 Å². The van der Waals surface area contributed by atoms with Crippen molar-refractivity contribution < 1.29 is 8.42 Å². The molecule has 0 fully saturated rings. The molecule has 27 heavy (non-hydrogen) atoms. The highest BCUT2D eigenvalue weighted by Crippen LogP contribution is 2.35. The van der Waals surface area contributed by atoms with E-state index in [0.717, 1.165) is 26.9 Å². The van der Waals surface area contributed by atoms with Crippen LogP contribution in [-0.2, 0) is 10.0 Å². The molecule has 0 atom stereocenters. The molecule has 0 aliphatic carbocycles. The zero-order valence-corrected chi connectivity index (χ0v) is 16.9. The molecular formula is C20H19N3O2S2. The van der Waals surface area contributed by atoms with E-state index in [2.05, 4.69) is 35.2 Å². The number of nitrogens with zero attached hydrogens (tertiary/aromatic N) is 2. The number of rotatable bonds is 4. The van der Waals surface area contributed by atoms with Gasteiger partial charge in [0.25, 0.3) is 0 Å². The molecule has 0 saturated heterocycles. The first-order valence-corrected chi connectivity index (χ1v) is 10.5. The Morgan fingerprint density at radius 1 is 1.07 bits per heavy atom. The van der Waals surface area contributed by atoms with Crippen molar-refractivity contribution in [2.24, 2.45) is 5.14 Å². The molecule has 2 N–H and O–H groups in total. The number of sulfonamides is 1. The molecule has 7 heteroatoms. The van der Waals surface area contributed by atoms with Crippen molar-refractivity contribution in [2.75, 3.05) is 19.0 Å². The van der Waals surface area contributed by atoms with Gasteiger partial charge in [-0.3, -0.25) is 0 Å². The Labute approximate surface area is 163 Å². The lowest BCUT2D eigenvalue weighted by atomic mass is 10.1. The van der Waals surface area contributed by atoms with Gasteiger partial charge in [-0.15, -0.1) is 11.3 Å². The van der Waals surface area contributed by atoms with Crippen molar-refractivity contribution in [3.63, 3.8) is 0 Å². The number of anilines is 1. The van der Waals surface area contributed by atoms with Crippen LogP contribution in [0.2, 0.25) is 0 Å². The maximum absolute atomic E-state index is 11.6. The Hall–Kier alpha value is -2.66. The van der Waals surface area contributed by atoms with Crippen molar-refractivity contribution in [1.29, 1.82) is 5.26 Å². The first kappa shape index (κ1) is 19.1. The SMILES string of the molecule is C/C(=C(/C#N)S(N)(=O)=O)c1ccc(-c2ccc3cc(N(C)C)ccc3c2)s1. The summed E-state index contributed by atoms with van der Waals surface area (Å²) in [6.45, 7) is 1.60. The van der Waals surface area contributed by atoms with Crippen LogP contribution in [0.5, 0.6) is 0 Å². The lowest BCUT2D eigenvalue weighted by molar-refractivity contribution is 0.605. The summed E-state index contributed by atoms with van der Waals surface area (Å²) in [5.74, 6) is 0.